The Kier molecular flexibility index (Phi) is 10.1. The van der Waals surface area contributed by atoms with Gasteiger partial charge in [-0.05, 0) is 60.2 Å². The second-order valence-electron chi connectivity index (χ2n) is 8.28. The van der Waals surface area contributed by atoms with Gasteiger partial charge in [-0.25, -0.2) is 4.79 Å². The van der Waals surface area contributed by atoms with E-state index in [1.54, 1.807) is 12.1 Å². The molecule has 0 radical (unpaired) electrons. The first kappa shape index (κ1) is 29.0. The highest BCUT2D eigenvalue weighted by atomic mass is 35.5. The minimum absolute atomic E-state index is 0.112. The molecule has 0 aliphatic carbocycles. The van der Waals surface area contributed by atoms with Gasteiger partial charge in [0.2, 0.25) is 0 Å². The number of carbonyl (C=O) groups excluding carboxylic acids is 1. The van der Waals surface area contributed by atoms with E-state index in [0.717, 1.165) is 32.5 Å². The lowest BCUT2D eigenvalue weighted by Gasteiger charge is -2.32. The summed E-state index contributed by atoms with van der Waals surface area (Å²) in [5.41, 5.74) is 2.54. The van der Waals surface area contributed by atoms with E-state index >= 15 is 0 Å². The predicted octanol–water partition coefficient (Wildman–Crippen LogP) is 6.20. The fraction of sp³-hybridized carbons (Fsp3) is 0.269. The van der Waals surface area contributed by atoms with Crippen molar-refractivity contribution in [1.29, 1.82) is 5.26 Å². The highest BCUT2D eigenvalue weighted by molar-refractivity contribution is 7.12. The molecule has 38 heavy (non-hydrogen) atoms. The molecule has 2 heterocycles. The van der Waals surface area contributed by atoms with Crippen LogP contribution in [-0.4, -0.2) is 47.3 Å². The van der Waals surface area contributed by atoms with Crippen LogP contribution < -0.4 is 10.1 Å². The van der Waals surface area contributed by atoms with Crippen molar-refractivity contribution in [2.24, 2.45) is 0 Å². The normalized spacial score (nSPS) is 14.1. The van der Waals surface area contributed by atoms with Gasteiger partial charge in [0, 0.05) is 25.3 Å². The number of amides is 1. The van der Waals surface area contributed by atoms with Gasteiger partial charge in [0.25, 0.3) is 5.91 Å². The average Bonchev–Trinajstić information content (AvgIpc) is 3.42. The molecule has 3 aromatic rings. The van der Waals surface area contributed by atoms with Crippen LogP contribution in [-0.2, 0) is 11.3 Å². The Bertz CT molecular complexity index is 1270. The molecule has 0 saturated carbocycles. The number of alkyl halides is 3. The van der Waals surface area contributed by atoms with E-state index in [9.17, 15) is 18.0 Å². The summed E-state index contributed by atoms with van der Waals surface area (Å²) in [6.07, 6.45) is -3.13. The number of nitriles is 1. The van der Waals surface area contributed by atoms with E-state index in [-0.39, 0.29) is 12.0 Å². The number of hydrogen-bond acceptors (Lipinski definition) is 6. The molecule has 1 amide bonds. The van der Waals surface area contributed by atoms with E-state index in [2.05, 4.69) is 16.3 Å². The van der Waals surface area contributed by atoms with Crippen LogP contribution in [0.4, 0.5) is 18.9 Å². The number of ether oxygens (including phenoxy) is 1. The highest BCUT2D eigenvalue weighted by Gasteiger charge is 2.38. The predicted molar refractivity (Wildman–Crippen MR) is 137 cm³/mol. The Hall–Kier alpha value is -3.59. The third-order valence-corrected chi connectivity index (χ3v) is 6.66. The molecule has 200 valence electrons. The molecule has 4 rings (SSSR count). The largest absolute Gasteiger partial charge is 0.490 e. The Balaban J connectivity index is 0.000000505. The molecule has 7 nitrogen and oxygen atoms in total. The maximum atomic E-state index is 12.2. The second-order valence-corrected chi connectivity index (χ2v) is 9.64. The Morgan fingerprint density at radius 3 is 2.34 bits per heavy atom. The molecule has 12 heteroatoms. The molecule has 0 unspecified atom stereocenters. The summed E-state index contributed by atoms with van der Waals surface area (Å²) < 4.78 is 37.9. The Labute approximate surface area is 226 Å². The SMILES string of the molecule is N#Cc1ccc(CN2CCC(Oc3ccc(NC(=O)c4cccs4)cc3Cl)CC2)cc1.O=C(O)C(F)(F)F. The number of nitrogens with one attached hydrogen (secondary N) is 1. The molecule has 0 bridgehead atoms. The molecule has 0 spiro atoms. The van der Waals surface area contributed by atoms with Gasteiger partial charge in [0.05, 0.1) is 21.5 Å². The molecule has 2 aromatic carbocycles. The number of carboxylic acids is 1. The number of thiophene rings is 1. The quantitative estimate of drug-likeness (QED) is 0.369. The van der Waals surface area contributed by atoms with Gasteiger partial charge in [0.15, 0.2) is 0 Å². The molecule has 1 aliphatic rings. The Morgan fingerprint density at radius 2 is 1.82 bits per heavy atom. The molecule has 1 aromatic heterocycles. The summed E-state index contributed by atoms with van der Waals surface area (Å²) >= 11 is 7.81. The van der Waals surface area contributed by atoms with Gasteiger partial charge in [-0.3, -0.25) is 9.69 Å². The van der Waals surface area contributed by atoms with Crippen LogP contribution in [0.15, 0.2) is 60.0 Å². The lowest BCUT2D eigenvalue weighted by molar-refractivity contribution is -0.192. The van der Waals surface area contributed by atoms with Crippen LogP contribution in [0.25, 0.3) is 0 Å². The number of anilines is 1. The van der Waals surface area contributed by atoms with Crippen LogP contribution in [0.3, 0.4) is 0 Å². The summed E-state index contributed by atoms with van der Waals surface area (Å²) in [6.45, 7) is 2.76. The first-order valence-electron chi connectivity index (χ1n) is 11.4. The number of hydrogen-bond donors (Lipinski definition) is 2. The molecular weight excluding hydrogens is 543 g/mol. The van der Waals surface area contributed by atoms with E-state index in [1.165, 1.54) is 16.9 Å². The number of piperidine rings is 1. The number of carboxylic acid groups (broad SMARTS) is 1. The third kappa shape index (κ3) is 8.76. The van der Waals surface area contributed by atoms with Gasteiger partial charge in [0.1, 0.15) is 11.9 Å². The molecule has 1 fully saturated rings. The van der Waals surface area contributed by atoms with Crippen molar-refractivity contribution in [2.75, 3.05) is 18.4 Å². The number of likely N-dealkylation sites (tertiary alicyclic amines) is 1. The summed E-state index contributed by atoms with van der Waals surface area (Å²) in [5.74, 6) is -2.26. The lowest BCUT2D eigenvalue weighted by Crippen LogP contribution is -2.37. The van der Waals surface area contributed by atoms with Gasteiger partial charge in [-0.2, -0.15) is 18.4 Å². The minimum Gasteiger partial charge on any atom is -0.489 e. The second kappa shape index (κ2) is 13.3. The zero-order chi connectivity index (χ0) is 27.7. The maximum Gasteiger partial charge on any atom is 0.490 e. The van der Waals surface area contributed by atoms with Crippen LogP contribution >= 0.6 is 22.9 Å². The first-order valence-corrected chi connectivity index (χ1v) is 12.6. The average molecular weight is 566 g/mol. The van der Waals surface area contributed by atoms with Crippen molar-refractivity contribution in [3.05, 3.63) is 81.0 Å². The first-order chi connectivity index (χ1) is 18.0. The van der Waals surface area contributed by atoms with Crippen LogP contribution in [0.2, 0.25) is 5.02 Å². The van der Waals surface area contributed by atoms with Crippen molar-refractivity contribution < 1.29 is 32.6 Å². The topological polar surface area (TPSA) is 103 Å². The number of carbonyl (C=O) groups is 2. The molecular formula is C26H23ClF3N3O4S. The third-order valence-electron chi connectivity index (χ3n) is 5.49. The van der Waals surface area contributed by atoms with Crippen molar-refractivity contribution in [3.8, 4) is 11.8 Å². The molecule has 1 saturated heterocycles. The standard InChI is InChI=1S/C24H22ClN3O2S.C2HF3O2/c25-21-14-19(27-24(29)23-2-1-13-31-23)7-8-22(21)30-20-9-11-28(12-10-20)16-18-5-3-17(15-26)4-6-18;3-2(4,5)1(6)7/h1-8,13-14,20H,9-12,16H2,(H,27,29);(H,6,7). The van der Waals surface area contributed by atoms with Crippen molar-refractivity contribution >= 4 is 40.5 Å². The van der Waals surface area contributed by atoms with Crippen molar-refractivity contribution in [2.45, 2.75) is 31.7 Å². The lowest BCUT2D eigenvalue weighted by atomic mass is 10.1. The van der Waals surface area contributed by atoms with E-state index in [4.69, 9.17) is 31.5 Å². The van der Waals surface area contributed by atoms with Crippen molar-refractivity contribution in [1.82, 2.24) is 4.90 Å². The smallest absolute Gasteiger partial charge is 0.489 e. The van der Waals surface area contributed by atoms with Crippen LogP contribution in [0.1, 0.15) is 33.6 Å². The van der Waals surface area contributed by atoms with Crippen LogP contribution in [0.5, 0.6) is 5.75 Å². The summed E-state index contributed by atoms with van der Waals surface area (Å²) in [7, 11) is 0. The summed E-state index contributed by atoms with van der Waals surface area (Å²) in [4.78, 5) is 24.1. The number of nitrogens with zero attached hydrogens (tertiary/aromatic N) is 2. The summed E-state index contributed by atoms with van der Waals surface area (Å²) in [5, 5.41) is 21.3. The van der Waals surface area contributed by atoms with Gasteiger partial charge < -0.3 is 15.2 Å². The van der Waals surface area contributed by atoms with Crippen molar-refractivity contribution in [3.63, 3.8) is 0 Å². The number of rotatable bonds is 6. The van der Waals surface area contributed by atoms with Gasteiger partial charge in [-0.15, -0.1) is 11.3 Å². The Morgan fingerprint density at radius 1 is 1.16 bits per heavy atom. The molecule has 2 N–H and O–H groups in total. The van der Waals surface area contributed by atoms with E-state index in [1.807, 2.05) is 47.8 Å². The minimum atomic E-state index is -5.08. The highest BCUT2D eigenvalue weighted by Crippen LogP contribution is 2.30. The molecule has 0 atom stereocenters. The van der Waals surface area contributed by atoms with E-state index < -0.39 is 12.1 Å². The number of halogens is 4. The van der Waals surface area contributed by atoms with Crippen LogP contribution in [0, 0.1) is 11.3 Å². The fourth-order valence-corrected chi connectivity index (χ4v) is 4.43. The fourth-order valence-electron chi connectivity index (χ4n) is 3.58. The summed E-state index contributed by atoms with van der Waals surface area (Å²) in [6, 6.07) is 18.9. The zero-order valence-corrected chi connectivity index (χ0v) is 21.4. The zero-order valence-electron chi connectivity index (χ0n) is 19.9. The van der Waals surface area contributed by atoms with Gasteiger partial charge in [-0.1, -0.05) is 29.8 Å². The maximum absolute atomic E-state index is 12.2. The monoisotopic (exact) mass is 565 g/mol. The number of benzene rings is 2. The number of aliphatic carboxylic acids is 1. The van der Waals surface area contributed by atoms with E-state index in [0.29, 0.717) is 26.9 Å². The molecule has 1 aliphatic heterocycles. The van der Waals surface area contributed by atoms with Gasteiger partial charge >= 0.3 is 12.1 Å².